The van der Waals surface area contributed by atoms with E-state index in [0.717, 1.165) is 38.2 Å². The third-order valence-corrected chi connectivity index (χ3v) is 7.74. The molecule has 0 heterocycles. The van der Waals surface area contributed by atoms with Crippen LogP contribution in [0.5, 0.6) is 0 Å². The average molecular weight is 515 g/mol. The Morgan fingerprint density at radius 2 is 0.975 bits per heavy atom. The number of hydrogen-bond donors (Lipinski definition) is 0. The van der Waals surface area contributed by atoms with E-state index in [4.69, 9.17) is 11.0 Å². The molecule has 0 aliphatic carbocycles. The maximum absolute atomic E-state index is 8.84. The van der Waals surface area contributed by atoms with Crippen LogP contribution in [0, 0.1) is 0 Å². The summed E-state index contributed by atoms with van der Waals surface area (Å²) in [6.45, 7) is 0. The van der Waals surface area contributed by atoms with E-state index in [9.17, 15) is 0 Å². The van der Waals surface area contributed by atoms with E-state index in [0.29, 0.717) is 32.7 Å². The van der Waals surface area contributed by atoms with E-state index < -0.39 is 0 Å². The van der Waals surface area contributed by atoms with Gasteiger partial charge in [-0.25, -0.2) is 0 Å². The monoisotopic (exact) mass is 514 g/mol. The quantitative estimate of drug-likeness (QED) is 0.206. The summed E-state index contributed by atoms with van der Waals surface area (Å²) in [5.41, 5.74) is 4.16. The van der Waals surface area contributed by atoms with Crippen molar-refractivity contribution in [2.75, 3.05) is 0 Å². The SMILES string of the molecule is [2H]c1cc2c(-c3c([2H])cc([2H])c([2H])c3[2H])c3cc([2H])c([2H])cc3c(-c3cccc4c(-c5ccc6ccccc6c5)cccc34)c2cc1[2H]. The molecule has 0 N–H and O–H groups in total. The molecule has 0 nitrogen and oxygen atoms in total. The van der Waals surface area contributed by atoms with Crippen LogP contribution in [0.25, 0.3) is 76.5 Å². The highest BCUT2D eigenvalue weighted by molar-refractivity contribution is 6.24. The Bertz CT molecular complexity index is 2590. The van der Waals surface area contributed by atoms with Crippen LogP contribution in [0.4, 0.5) is 0 Å². The summed E-state index contributed by atoms with van der Waals surface area (Å²) >= 11 is 0. The summed E-state index contributed by atoms with van der Waals surface area (Å²) in [5.74, 6) is 0. The minimum absolute atomic E-state index is 0.00534. The Kier molecular flexibility index (Phi) is 3.70. The molecular formula is C40H26. The molecular weight excluding hydrogens is 480 g/mol. The largest absolute Gasteiger partial charge is 0.0629 e. The van der Waals surface area contributed by atoms with Gasteiger partial charge < -0.3 is 0 Å². The zero-order valence-corrected chi connectivity index (χ0v) is 21.4. The van der Waals surface area contributed by atoms with Gasteiger partial charge in [0.15, 0.2) is 0 Å². The van der Waals surface area contributed by atoms with E-state index in [1.807, 2.05) is 36.4 Å². The van der Waals surface area contributed by atoms with E-state index in [1.54, 1.807) is 24.3 Å². The van der Waals surface area contributed by atoms with Crippen molar-refractivity contribution in [3.05, 3.63) is 158 Å². The molecule has 0 radical (unpaired) electrons. The van der Waals surface area contributed by atoms with Gasteiger partial charge in [0.25, 0.3) is 0 Å². The third kappa shape index (κ3) is 3.54. The maximum atomic E-state index is 8.84. The molecule has 0 saturated heterocycles. The Hall–Kier alpha value is -5.20. The molecule has 0 amide bonds. The highest BCUT2D eigenvalue weighted by Gasteiger charge is 2.18. The van der Waals surface area contributed by atoms with E-state index in [1.165, 1.54) is 6.07 Å². The lowest BCUT2D eigenvalue weighted by atomic mass is 9.84. The van der Waals surface area contributed by atoms with Gasteiger partial charge in [-0.05, 0) is 82.5 Å². The minimum Gasteiger partial charge on any atom is -0.0622 e. The van der Waals surface area contributed by atoms with Crippen LogP contribution >= 0.6 is 0 Å². The first kappa shape index (κ1) is 16.0. The molecule has 40 heavy (non-hydrogen) atoms. The molecule has 0 aromatic heterocycles. The molecule has 0 atom stereocenters. The Morgan fingerprint density at radius 1 is 0.350 bits per heavy atom. The van der Waals surface area contributed by atoms with Crippen LogP contribution < -0.4 is 0 Å². The van der Waals surface area contributed by atoms with Gasteiger partial charge in [-0.2, -0.15) is 0 Å². The minimum atomic E-state index is -0.326. The van der Waals surface area contributed by atoms with Gasteiger partial charge >= 0.3 is 0 Å². The number of hydrogen-bond acceptors (Lipinski definition) is 0. The molecule has 0 saturated carbocycles. The molecule has 0 fully saturated rings. The van der Waals surface area contributed by atoms with Gasteiger partial charge in [0, 0.05) is 0 Å². The van der Waals surface area contributed by atoms with Crippen LogP contribution in [0.2, 0.25) is 0 Å². The van der Waals surface area contributed by atoms with Crippen molar-refractivity contribution in [2.45, 2.75) is 0 Å². The molecule has 0 unspecified atom stereocenters. The average Bonchev–Trinajstić information content (AvgIpc) is 3.08. The summed E-state index contributed by atoms with van der Waals surface area (Å²) in [6.07, 6.45) is 0. The lowest BCUT2D eigenvalue weighted by Gasteiger charge is -2.19. The van der Waals surface area contributed by atoms with Crippen molar-refractivity contribution in [1.29, 1.82) is 0 Å². The molecule has 0 aliphatic rings. The van der Waals surface area contributed by atoms with E-state index in [2.05, 4.69) is 42.5 Å². The van der Waals surface area contributed by atoms with Gasteiger partial charge in [-0.1, -0.05) is 151 Å². The molecule has 0 bridgehead atoms. The third-order valence-electron chi connectivity index (χ3n) is 7.74. The van der Waals surface area contributed by atoms with Crippen molar-refractivity contribution < 1.29 is 11.0 Å². The van der Waals surface area contributed by atoms with Gasteiger partial charge in [0.05, 0.1) is 11.0 Å². The van der Waals surface area contributed by atoms with E-state index >= 15 is 0 Å². The second-order valence-corrected chi connectivity index (χ2v) is 9.89. The van der Waals surface area contributed by atoms with Gasteiger partial charge in [-0.15, -0.1) is 0 Å². The smallest absolute Gasteiger partial charge is 0.0622 e. The predicted octanol–water partition coefficient (Wildman–Crippen LogP) is 11.3. The topological polar surface area (TPSA) is 0 Å². The summed E-state index contributed by atoms with van der Waals surface area (Å²) in [5, 5.41) is 6.43. The molecule has 0 aliphatic heterocycles. The summed E-state index contributed by atoms with van der Waals surface area (Å²) in [6, 6.07) is 33.4. The zero-order valence-electron chi connectivity index (χ0n) is 29.4. The van der Waals surface area contributed by atoms with Crippen LogP contribution in [-0.2, 0) is 0 Å². The van der Waals surface area contributed by atoms with Crippen molar-refractivity contribution in [3.63, 3.8) is 0 Å². The number of rotatable bonds is 3. The summed E-state index contributed by atoms with van der Waals surface area (Å²) in [7, 11) is 0. The first-order valence-electron chi connectivity index (χ1n) is 17.2. The second-order valence-electron chi connectivity index (χ2n) is 9.89. The highest BCUT2D eigenvalue weighted by Crippen LogP contribution is 2.46. The van der Waals surface area contributed by atoms with Crippen molar-refractivity contribution >= 4 is 43.1 Å². The van der Waals surface area contributed by atoms with Gasteiger partial charge in [0.1, 0.15) is 0 Å². The Labute approximate surface area is 245 Å². The molecule has 0 heteroatoms. The number of fused-ring (bicyclic) bond motifs is 4. The normalized spacial score (nSPS) is 14.3. The first-order chi connectivity index (χ1) is 23.1. The lowest BCUT2D eigenvalue weighted by Crippen LogP contribution is -1.92. The van der Waals surface area contributed by atoms with Crippen LogP contribution in [0.3, 0.4) is 0 Å². The zero-order chi connectivity index (χ0) is 33.4. The molecule has 186 valence electrons. The second kappa shape index (κ2) is 9.22. The van der Waals surface area contributed by atoms with E-state index in [-0.39, 0.29) is 53.9 Å². The summed E-state index contributed by atoms with van der Waals surface area (Å²) < 4.78 is 68.7. The highest BCUT2D eigenvalue weighted by atomic mass is 14.2. The predicted molar refractivity (Wildman–Crippen MR) is 173 cm³/mol. The van der Waals surface area contributed by atoms with Crippen molar-refractivity contribution in [3.8, 4) is 33.4 Å². The molecule has 8 aromatic carbocycles. The van der Waals surface area contributed by atoms with Crippen molar-refractivity contribution in [2.24, 2.45) is 0 Å². The Morgan fingerprint density at radius 3 is 1.70 bits per heavy atom. The summed E-state index contributed by atoms with van der Waals surface area (Å²) in [4.78, 5) is 0. The van der Waals surface area contributed by atoms with Crippen molar-refractivity contribution in [1.82, 2.24) is 0 Å². The van der Waals surface area contributed by atoms with Crippen LogP contribution in [-0.4, -0.2) is 0 Å². The fourth-order valence-corrected chi connectivity index (χ4v) is 5.99. The van der Waals surface area contributed by atoms with Gasteiger partial charge in [-0.3, -0.25) is 0 Å². The molecule has 8 rings (SSSR count). The first-order valence-corrected chi connectivity index (χ1v) is 13.2. The standard InChI is InChI=1S/C40H26/c1-2-13-28(14-3-1)39-35-16-6-8-18-37(35)40(38-19-9-7-17-36(38)39)34-23-11-21-32-31(20-10-22-33(32)34)30-25-24-27-12-4-5-15-29(27)26-30/h1-26H/i1D,2D,6D,7D,8D,9D,13D,14D. The fourth-order valence-electron chi connectivity index (χ4n) is 5.99. The fraction of sp³-hybridized carbons (Fsp3) is 0. The molecule has 8 aromatic rings. The van der Waals surface area contributed by atoms with Crippen LogP contribution in [0.15, 0.2) is 158 Å². The van der Waals surface area contributed by atoms with Gasteiger partial charge in [0.2, 0.25) is 0 Å². The Balaban J connectivity index is 1.53. The lowest BCUT2D eigenvalue weighted by molar-refractivity contribution is 1.65. The van der Waals surface area contributed by atoms with Crippen LogP contribution in [0.1, 0.15) is 11.0 Å². The maximum Gasteiger partial charge on any atom is 0.0629 e. The molecule has 0 spiro atoms. The number of benzene rings is 8.